The predicted octanol–water partition coefficient (Wildman–Crippen LogP) is 5.39. The number of nitrogens with one attached hydrogen (secondary N) is 1. The molecule has 1 fully saturated rings. The highest BCUT2D eigenvalue weighted by molar-refractivity contribution is 8.16. The Hall–Kier alpha value is -2.84. The Kier molecular flexibility index (Phi) is 8.29. The highest BCUT2D eigenvalue weighted by atomic mass is 32.2. The molecule has 198 valence electrons. The van der Waals surface area contributed by atoms with E-state index < -0.39 is 5.66 Å². The van der Waals surface area contributed by atoms with Gasteiger partial charge in [-0.15, -0.1) is 0 Å². The number of likely N-dealkylation sites (tertiary alicyclic amines) is 1. The number of aliphatic imine (C=N–C) groups is 2. The van der Waals surface area contributed by atoms with Crippen LogP contribution in [-0.2, 0) is 10.2 Å². The fraction of sp³-hybridized carbons (Fsp3) is 0.483. The molecule has 2 aliphatic heterocycles. The molecule has 7 nitrogen and oxygen atoms in total. The van der Waals surface area contributed by atoms with Gasteiger partial charge in [0.15, 0.2) is 17.2 Å². The number of thioether (sulfide) groups is 1. The van der Waals surface area contributed by atoms with Crippen LogP contribution in [0.4, 0.5) is 5.69 Å². The van der Waals surface area contributed by atoms with Crippen LogP contribution in [-0.4, -0.2) is 66.8 Å². The SMILES string of the molecule is CCN1CCC2(CC1)N=C(SCC(=O)Nc1ccc(OC)c(OC)c1)C(c1ccc(C(C)(C)C)cc1)=N2. The van der Waals surface area contributed by atoms with E-state index in [9.17, 15) is 4.79 Å². The normalized spacial score (nSPS) is 17.4. The monoisotopic (exact) mass is 522 g/mol. The summed E-state index contributed by atoms with van der Waals surface area (Å²) in [6.45, 7) is 11.8. The minimum absolute atomic E-state index is 0.0815. The zero-order valence-corrected chi connectivity index (χ0v) is 23.6. The van der Waals surface area contributed by atoms with Crippen molar-refractivity contribution >= 4 is 34.1 Å². The Bertz CT molecular complexity index is 1180. The summed E-state index contributed by atoms with van der Waals surface area (Å²) in [5.41, 5.74) is 3.54. The predicted molar refractivity (Wildman–Crippen MR) is 154 cm³/mol. The number of piperidine rings is 1. The summed E-state index contributed by atoms with van der Waals surface area (Å²) >= 11 is 1.45. The van der Waals surface area contributed by atoms with Crippen LogP contribution >= 0.6 is 11.8 Å². The first kappa shape index (κ1) is 27.2. The van der Waals surface area contributed by atoms with E-state index in [0.29, 0.717) is 17.2 Å². The lowest BCUT2D eigenvalue weighted by molar-refractivity contribution is -0.113. The highest BCUT2D eigenvalue weighted by Crippen LogP contribution is 2.36. The van der Waals surface area contributed by atoms with Crippen molar-refractivity contribution in [3.8, 4) is 11.5 Å². The van der Waals surface area contributed by atoms with Gasteiger partial charge in [0.2, 0.25) is 5.91 Å². The van der Waals surface area contributed by atoms with Gasteiger partial charge in [-0.1, -0.05) is 63.7 Å². The van der Waals surface area contributed by atoms with Crippen molar-refractivity contribution in [1.29, 1.82) is 0 Å². The fourth-order valence-electron chi connectivity index (χ4n) is 4.64. The molecule has 0 saturated carbocycles. The first-order valence-electron chi connectivity index (χ1n) is 12.8. The van der Waals surface area contributed by atoms with E-state index in [4.69, 9.17) is 19.5 Å². The fourth-order valence-corrected chi connectivity index (χ4v) is 5.51. The number of hydrogen-bond acceptors (Lipinski definition) is 7. The van der Waals surface area contributed by atoms with Gasteiger partial charge in [0.1, 0.15) is 5.04 Å². The quantitative estimate of drug-likeness (QED) is 0.528. The molecule has 2 aromatic rings. The molecule has 4 rings (SSSR count). The molecule has 1 N–H and O–H groups in total. The molecular formula is C29H38N4O3S. The largest absolute Gasteiger partial charge is 0.493 e. The van der Waals surface area contributed by atoms with Crippen LogP contribution < -0.4 is 14.8 Å². The van der Waals surface area contributed by atoms with Gasteiger partial charge < -0.3 is 19.7 Å². The third-order valence-electron chi connectivity index (χ3n) is 6.97. The van der Waals surface area contributed by atoms with Crippen molar-refractivity contribution < 1.29 is 14.3 Å². The second-order valence-electron chi connectivity index (χ2n) is 10.5. The molecule has 8 heteroatoms. The van der Waals surface area contributed by atoms with E-state index in [1.165, 1.54) is 17.3 Å². The maximum atomic E-state index is 12.9. The van der Waals surface area contributed by atoms with Gasteiger partial charge in [0.05, 0.1) is 25.7 Å². The summed E-state index contributed by atoms with van der Waals surface area (Å²) in [4.78, 5) is 25.6. The summed E-state index contributed by atoms with van der Waals surface area (Å²) in [5, 5.41) is 3.80. The number of carbonyl (C=O) groups is 1. The smallest absolute Gasteiger partial charge is 0.234 e. The Morgan fingerprint density at radius 1 is 1.03 bits per heavy atom. The number of nitrogens with zero attached hydrogens (tertiary/aromatic N) is 3. The van der Waals surface area contributed by atoms with E-state index in [-0.39, 0.29) is 17.1 Å². The first-order valence-corrected chi connectivity index (χ1v) is 13.8. The van der Waals surface area contributed by atoms with E-state index >= 15 is 0 Å². The van der Waals surface area contributed by atoms with Crippen molar-refractivity contribution in [3.63, 3.8) is 0 Å². The second-order valence-corrected chi connectivity index (χ2v) is 11.5. The Morgan fingerprint density at radius 2 is 1.70 bits per heavy atom. The molecule has 1 amide bonds. The molecule has 0 aliphatic carbocycles. The van der Waals surface area contributed by atoms with Gasteiger partial charge in [0.25, 0.3) is 0 Å². The van der Waals surface area contributed by atoms with Gasteiger partial charge in [-0.25, -0.2) is 4.99 Å². The molecule has 2 aliphatic rings. The lowest BCUT2D eigenvalue weighted by atomic mass is 9.86. The first-order chi connectivity index (χ1) is 17.7. The van der Waals surface area contributed by atoms with E-state index in [1.54, 1.807) is 32.4 Å². The van der Waals surface area contributed by atoms with Crippen LogP contribution in [0.3, 0.4) is 0 Å². The molecule has 0 bridgehead atoms. The van der Waals surface area contributed by atoms with Gasteiger partial charge in [-0.05, 0) is 29.7 Å². The summed E-state index contributed by atoms with van der Waals surface area (Å²) in [6, 6.07) is 14.0. The third-order valence-corrected chi connectivity index (χ3v) is 7.93. The summed E-state index contributed by atoms with van der Waals surface area (Å²) < 4.78 is 10.6. The molecule has 37 heavy (non-hydrogen) atoms. The van der Waals surface area contributed by atoms with Crippen LogP contribution in [0.2, 0.25) is 0 Å². The standard InChI is InChI=1S/C29H38N4O3S/c1-7-33-16-14-29(15-17-33)31-26(20-8-10-21(11-9-20)28(2,3)4)27(32-29)37-19-25(34)30-22-12-13-23(35-5)24(18-22)36-6/h8-13,18H,7,14-17,19H2,1-6H3,(H,30,34). The van der Waals surface area contributed by atoms with Crippen LogP contribution in [0.15, 0.2) is 52.4 Å². The Labute approximate surface area is 224 Å². The van der Waals surface area contributed by atoms with Crippen LogP contribution in [0.5, 0.6) is 11.5 Å². The number of carbonyl (C=O) groups excluding carboxylic acids is 1. The molecule has 0 unspecified atom stereocenters. The molecule has 0 radical (unpaired) electrons. The molecule has 2 heterocycles. The number of benzene rings is 2. The third kappa shape index (κ3) is 6.36. The van der Waals surface area contributed by atoms with Crippen molar-refractivity contribution in [2.45, 2.75) is 51.6 Å². The molecule has 0 aromatic heterocycles. The number of rotatable bonds is 7. The van der Waals surface area contributed by atoms with Gasteiger partial charge in [-0.3, -0.25) is 9.79 Å². The average molecular weight is 523 g/mol. The molecule has 1 spiro atoms. The number of amides is 1. The zero-order valence-electron chi connectivity index (χ0n) is 22.8. The molecule has 0 atom stereocenters. The summed E-state index contributed by atoms with van der Waals surface area (Å²) in [5.74, 6) is 1.32. The Morgan fingerprint density at radius 3 is 2.30 bits per heavy atom. The van der Waals surface area contributed by atoms with Gasteiger partial charge >= 0.3 is 0 Å². The minimum Gasteiger partial charge on any atom is -0.493 e. The van der Waals surface area contributed by atoms with Crippen molar-refractivity contribution in [3.05, 3.63) is 53.6 Å². The zero-order chi connectivity index (χ0) is 26.6. The molecule has 2 aromatic carbocycles. The van der Waals surface area contributed by atoms with Crippen LogP contribution in [0, 0.1) is 0 Å². The maximum absolute atomic E-state index is 12.9. The number of hydrogen-bond donors (Lipinski definition) is 1. The lowest BCUT2D eigenvalue weighted by Gasteiger charge is -2.34. The highest BCUT2D eigenvalue weighted by Gasteiger charge is 2.39. The summed E-state index contributed by atoms with van der Waals surface area (Å²) in [6.07, 6.45) is 1.79. The molecular weight excluding hydrogens is 484 g/mol. The lowest BCUT2D eigenvalue weighted by Crippen LogP contribution is -2.41. The van der Waals surface area contributed by atoms with Crippen molar-refractivity contribution in [1.82, 2.24) is 4.90 Å². The maximum Gasteiger partial charge on any atom is 0.234 e. The Balaban J connectivity index is 1.51. The number of ether oxygens (including phenoxy) is 2. The number of anilines is 1. The van der Waals surface area contributed by atoms with Crippen LogP contribution in [0.25, 0.3) is 0 Å². The van der Waals surface area contributed by atoms with E-state index in [1.807, 2.05) is 0 Å². The van der Waals surface area contributed by atoms with Crippen molar-refractivity contribution in [2.75, 3.05) is 44.9 Å². The van der Waals surface area contributed by atoms with E-state index in [0.717, 1.165) is 48.8 Å². The minimum atomic E-state index is -0.425. The van der Waals surface area contributed by atoms with Gasteiger partial charge in [0, 0.05) is 43.2 Å². The number of methoxy groups -OCH3 is 2. The van der Waals surface area contributed by atoms with Crippen LogP contribution in [0.1, 0.15) is 51.7 Å². The average Bonchev–Trinajstić information content (AvgIpc) is 3.25. The van der Waals surface area contributed by atoms with Gasteiger partial charge in [-0.2, -0.15) is 0 Å². The second kappa shape index (κ2) is 11.3. The molecule has 1 saturated heterocycles. The topological polar surface area (TPSA) is 75.5 Å². The van der Waals surface area contributed by atoms with E-state index in [2.05, 4.69) is 62.2 Å². The van der Waals surface area contributed by atoms with Crippen molar-refractivity contribution in [2.24, 2.45) is 9.98 Å². The summed E-state index contributed by atoms with van der Waals surface area (Å²) in [7, 11) is 3.16.